The number of unbranched alkanes of at least 4 members (excludes halogenated alkanes) is 1. The predicted octanol–water partition coefficient (Wildman–Crippen LogP) is -0.817. The molecule has 1 rings (SSSR count). The molecule has 33 heavy (non-hydrogen) atoms. The van der Waals surface area contributed by atoms with Crippen LogP contribution < -0.4 is 33.6 Å². The third-order valence-electron chi connectivity index (χ3n) is 5.06. The van der Waals surface area contributed by atoms with Crippen LogP contribution in [0.5, 0.6) is 0 Å². The van der Waals surface area contributed by atoms with Gasteiger partial charge in [0.1, 0.15) is 12.1 Å². The number of nitrogens with zero attached hydrogens (tertiary/aromatic N) is 1. The number of aryl methyl sites for hydroxylation is 1. The molecule has 2 amide bonds. The molecule has 0 bridgehead atoms. The second-order valence-corrected chi connectivity index (χ2v) is 7.82. The number of aliphatic carboxylic acids is 1. The maximum absolute atomic E-state index is 12.9. The number of carboxylic acids is 1. The van der Waals surface area contributed by atoms with Gasteiger partial charge in [0.05, 0.1) is 6.04 Å². The number of rotatable bonds is 16. The Bertz CT molecular complexity index is 769. The Hall–Kier alpha value is -3.18. The van der Waals surface area contributed by atoms with Crippen molar-refractivity contribution in [3.63, 3.8) is 0 Å². The first-order valence-electron chi connectivity index (χ1n) is 11.1. The Morgan fingerprint density at radius 2 is 1.58 bits per heavy atom. The summed E-state index contributed by atoms with van der Waals surface area (Å²) in [6.45, 7) is 0.785. The van der Waals surface area contributed by atoms with Gasteiger partial charge < -0.3 is 38.7 Å². The van der Waals surface area contributed by atoms with Crippen LogP contribution in [0.4, 0.5) is 0 Å². The highest BCUT2D eigenvalue weighted by Crippen LogP contribution is 2.08. The maximum atomic E-state index is 12.9. The lowest BCUT2D eigenvalue weighted by atomic mass is 10.0. The zero-order valence-electron chi connectivity index (χ0n) is 18.9. The summed E-state index contributed by atoms with van der Waals surface area (Å²) in [5.41, 5.74) is 23.0. The van der Waals surface area contributed by atoms with E-state index in [-0.39, 0.29) is 12.4 Å². The summed E-state index contributed by atoms with van der Waals surface area (Å²) in [6, 6.07) is 6.56. The van der Waals surface area contributed by atoms with Crippen molar-refractivity contribution in [3.8, 4) is 0 Å². The average Bonchev–Trinajstić information content (AvgIpc) is 2.78. The van der Waals surface area contributed by atoms with Gasteiger partial charge >= 0.3 is 5.97 Å². The molecule has 0 aliphatic carbocycles. The molecule has 0 aromatic heterocycles. The summed E-state index contributed by atoms with van der Waals surface area (Å²) in [4.78, 5) is 40.9. The normalized spacial score (nSPS) is 13.4. The molecule has 0 radical (unpaired) electrons. The molecular weight excluding hydrogens is 426 g/mol. The summed E-state index contributed by atoms with van der Waals surface area (Å²) in [7, 11) is 0. The summed E-state index contributed by atoms with van der Waals surface area (Å²) < 4.78 is 0. The molecule has 0 saturated heterocycles. The highest BCUT2D eigenvalue weighted by atomic mass is 16.4. The van der Waals surface area contributed by atoms with Gasteiger partial charge in [-0.2, -0.15) is 0 Å². The van der Waals surface area contributed by atoms with E-state index in [1.54, 1.807) is 0 Å². The molecule has 0 unspecified atom stereocenters. The summed E-state index contributed by atoms with van der Waals surface area (Å²) in [6.07, 6.45) is 3.12. The average molecular weight is 464 g/mol. The van der Waals surface area contributed by atoms with Crippen LogP contribution in [-0.2, 0) is 20.8 Å². The van der Waals surface area contributed by atoms with Crippen LogP contribution in [0.2, 0.25) is 0 Å². The molecular formula is C22H37N7O4. The van der Waals surface area contributed by atoms with E-state index in [9.17, 15) is 19.5 Å². The van der Waals surface area contributed by atoms with Gasteiger partial charge in [-0.25, -0.2) is 4.79 Å². The smallest absolute Gasteiger partial charge is 0.326 e. The van der Waals surface area contributed by atoms with Crippen molar-refractivity contribution in [3.05, 3.63) is 35.9 Å². The van der Waals surface area contributed by atoms with Gasteiger partial charge in [-0.3, -0.25) is 14.6 Å². The van der Waals surface area contributed by atoms with E-state index in [4.69, 9.17) is 22.9 Å². The predicted molar refractivity (Wildman–Crippen MR) is 127 cm³/mol. The van der Waals surface area contributed by atoms with Crippen LogP contribution in [0.25, 0.3) is 0 Å². The molecule has 1 aromatic carbocycles. The van der Waals surface area contributed by atoms with Gasteiger partial charge in [-0.05, 0) is 57.1 Å². The van der Waals surface area contributed by atoms with Gasteiger partial charge in [0.25, 0.3) is 0 Å². The van der Waals surface area contributed by atoms with Crippen molar-refractivity contribution in [2.75, 3.05) is 13.1 Å². The Morgan fingerprint density at radius 1 is 0.909 bits per heavy atom. The molecule has 184 valence electrons. The lowest BCUT2D eigenvalue weighted by Gasteiger charge is -2.23. The second kappa shape index (κ2) is 15.6. The SMILES string of the molecule is NCCCC[C@H](NC(=O)[C@@H](N)CCCN=C(N)N)C(=O)N[C@@H](CCc1ccccc1)C(=O)O. The third kappa shape index (κ3) is 11.9. The zero-order valence-corrected chi connectivity index (χ0v) is 18.9. The largest absolute Gasteiger partial charge is 0.480 e. The van der Waals surface area contributed by atoms with Crippen molar-refractivity contribution in [2.45, 2.75) is 63.1 Å². The molecule has 0 heterocycles. The highest BCUT2D eigenvalue weighted by Gasteiger charge is 2.27. The van der Waals surface area contributed by atoms with E-state index < -0.39 is 35.9 Å². The summed E-state index contributed by atoms with van der Waals surface area (Å²) in [5, 5.41) is 14.8. The van der Waals surface area contributed by atoms with Crippen molar-refractivity contribution in [1.82, 2.24) is 10.6 Å². The summed E-state index contributed by atoms with van der Waals surface area (Å²) >= 11 is 0. The van der Waals surface area contributed by atoms with E-state index >= 15 is 0 Å². The van der Waals surface area contributed by atoms with E-state index in [1.165, 1.54) is 0 Å². The third-order valence-corrected chi connectivity index (χ3v) is 5.06. The van der Waals surface area contributed by atoms with Crippen LogP contribution >= 0.6 is 0 Å². The molecule has 0 fully saturated rings. The monoisotopic (exact) mass is 463 g/mol. The van der Waals surface area contributed by atoms with E-state index in [0.717, 1.165) is 5.56 Å². The second-order valence-electron chi connectivity index (χ2n) is 7.82. The van der Waals surface area contributed by atoms with Gasteiger partial charge in [-0.1, -0.05) is 30.3 Å². The Labute approximate surface area is 194 Å². The summed E-state index contributed by atoms with van der Waals surface area (Å²) in [5.74, 6) is -2.23. The highest BCUT2D eigenvalue weighted by molar-refractivity contribution is 5.91. The first-order chi connectivity index (χ1) is 15.7. The lowest BCUT2D eigenvalue weighted by molar-refractivity contribution is -0.142. The van der Waals surface area contributed by atoms with Crippen LogP contribution in [0.1, 0.15) is 44.1 Å². The minimum Gasteiger partial charge on any atom is -0.480 e. The fourth-order valence-corrected chi connectivity index (χ4v) is 3.18. The number of amides is 2. The van der Waals surface area contributed by atoms with Crippen molar-refractivity contribution >= 4 is 23.7 Å². The Morgan fingerprint density at radius 3 is 2.18 bits per heavy atom. The number of hydrogen-bond acceptors (Lipinski definition) is 6. The molecule has 11 nitrogen and oxygen atoms in total. The number of carbonyl (C=O) groups excluding carboxylic acids is 2. The molecule has 0 aliphatic heterocycles. The zero-order chi connectivity index (χ0) is 24.6. The maximum Gasteiger partial charge on any atom is 0.326 e. The molecule has 0 spiro atoms. The van der Waals surface area contributed by atoms with Gasteiger partial charge in [0.2, 0.25) is 11.8 Å². The number of aliphatic imine (C=N–C) groups is 1. The standard InChI is InChI=1S/C22H37N7O4/c23-13-5-4-10-17(28-19(30)16(24)9-6-14-27-22(25)26)20(31)29-18(21(32)33)12-11-15-7-2-1-3-8-15/h1-3,7-8,16-18H,4-6,9-14,23-24H2,(H,28,30)(H,29,31)(H,32,33)(H4,25,26,27)/t16-,17-,18-/m0/s1. The number of carbonyl (C=O) groups is 3. The van der Waals surface area contributed by atoms with Crippen LogP contribution in [0, 0.1) is 0 Å². The van der Waals surface area contributed by atoms with Gasteiger partial charge in [0.15, 0.2) is 5.96 Å². The molecule has 3 atom stereocenters. The van der Waals surface area contributed by atoms with E-state index in [2.05, 4.69) is 15.6 Å². The molecule has 1 aromatic rings. The fraction of sp³-hybridized carbons (Fsp3) is 0.545. The molecule has 11 heteroatoms. The van der Waals surface area contributed by atoms with Crippen LogP contribution in [-0.4, -0.2) is 60.1 Å². The van der Waals surface area contributed by atoms with Gasteiger partial charge in [-0.15, -0.1) is 0 Å². The fourth-order valence-electron chi connectivity index (χ4n) is 3.18. The Balaban J connectivity index is 2.71. The van der Waals surface area contributed by atoms with Crippen molar-refractivity contribution < 1.29 is 19.5 Å². The first kappa shape index (κ1) is 27.9. The molecule has 0 saturated carbocycles. The lowest BCUT2D eigenvalue weighted by Crippen LogP contribution is -2.54. The number of carboxylic acid groups (broad SMARTS) is 1. The molecule has 11 N–H and O–H groups in total. The van der Waals surface area contributed by atoms with Crippen molar-refractivity contribution in [1.29, 1.82) is 0 Å². The topological polar surface area (TPSA) is 212 Å². The molecule has 0 aliphatic rings. The van der Waals surface area contributed by atoms with E-state index in [0.29, 0.717) is 51.6 Å². The first-order valence-corrected chi connectivity index (χ1v) is 11.1. The van der Waals surface area contributed by atoms with Gasteiger partial charge in [0, 0.05) is 6.54 Å². The number of benzene rings is 1. The number of nitrogens with one attached hydrogen (secondary N) is 2. The quantitative estimate of drug-likeness (QED) is 0.0932. The number of guanidine groups is 1. The van der Waals surface area contributed by atoms with Crippen LogP contribution in [0.15, 0.2) is 35.3 Å². The minimum absolute atomic E-state index is 0.0371. The number of nitrogens with two attached hydrogens (primary N) is 4. The van der Waals surface area contributed by atoms with Crippen molar-refractivity contribution in [2.24, 2.45) is 27.9 Å². The number of hydrogen-bond donors (Lipinski definition) is 7. The minimum atomic E-state index is -1.14. The van der Waals surface area contributed by atoms with Crippen LogP contribution in [0.3, 0.4) is 0 Å². The Kier molecular flexibility index (Phi) is 13.2. The van der Waals surface area contributed by atoms with E-state index in [1.807, 2.05) is 30.3 Å².